The lowest BCUT2D eigenvalue weighted by molar-refractivity contribution is -0.156. The number of hydrogen-bond acceptors (Lipinski definition) is 6. The third kappa shape index (κ3) is 6.13. The summed E-state index contributed by atoms with van der Waals surface area (Å²) in [5, 5.41) is -0.478. The van der Waals surface area contributed by atoms with Gasteiger partial charge in [0.15, 0.2) is 0 Å². The minimum Gasteiger partial charge on any atom is -0.491 e. The van der Waals surface area contributed by atoms with Crippen molar-refractivity contribution in [3.05, 3.63) is 34.7 Å². The molecule has 1 aromatic rings. The number of rotatable bonds is 6. The van der Waals surface area contributed by atoms with Gasteiger partial charge < -0.3 is 9.47 Å². The van der Waals surface area contributed by atoms with Crippen molar-refractivity contribution in [3.8, 4) is 5.75 Å². The molecule has 2 amide bonds. The Morgan fingerprint density at radius 1 is 1.22 bits per heavy atom. The Morgan fingerprint density at radius 2 is 1.85 bits per heavy atom. The van der Waals surface area contributed by atoms with Crippen molar-refractivity contribution in [1.29, 1.82) is 0 Å². The molecule has 0 saturated carbocycles. The molecule has 1 aromatic carbocycles. The smallest absolute Gasteiger partial charge is 0.326 e. The van der Waals surface area contributed by atoms with Gasteiger partial charge in [0.1, 0.15) is 17.9 Å². The van der Waals surface area contributed by atoms with Gasteiger partial charge in [0.05, 0.1) is 11.0 Å². The molecule has 1 aliphatic heterocycles. The van der Waals surface area contributed by atoms with E-state index in [1.54, 1.807) is 26.8 Å². The molecule has 0 N–H and O–H groups in total. The molecular formula is C20H25NO5S. The molecule has 146 valence electrons. The highest BCUT2D eigenvalue weighted by Gasteiger charge is 2.37. The molecule has 1 atom stereocenters. The number of hydrogen-bond donors (Lipinski definition) is 0. The van der Waals surface area contributed by atoms with E-state index in [-0.39, 0.29) is 17.6 Å². The van der Waals surface area contributed by atoms with Crippen LogP contribution in [0.15, 0.2) is 29.2 Å². The average molecular weight is 391 g/mol. The second kappa shape index (κ2) is 8.61. The number of esters is 1. The second-order valence-corrected chi connectivity index (χ2v) is 8.25. The Hall–Kier alpha value is -2.28. The molecule has 1 fully saturated rings. The van der Waals surface area contributed by atoms with Crippen molar-refractivity contribution in [1.82, 2.24) is 4.90 Å². The lowest BCUT2D eigenvalue weighted by Gasteiger charge is -2.21. The van der Waals surface area contributed by atoms with Gasteiger partial charge in [-0.25, -0.2) is 0 Å². The van der Waals surface area contributed by atoms with Crippen LogP contribution in [0.5, 0.6) is 5.75 Å². The van der Waals surface area contributed by atoms with E-state index in [0.29, 0.717) is 0 Å². The van der Waals surface area contributed by atoms with E-state index in [1.165, 1.54) is 0 Å². The number of carbonyl (C=O) groups is 3. The summed E-state index contributed by atoms with van der Waals surface area (Å²) in [4.78, 5) is 37.6. The first-order valence-electron chi connectivity index (χ1n) is 8.83. The topological polar surface area (TPSA) is 72.9 Å². The van der Waals surface area contributed by atoms with Crippen LogP contribution in [0.2, 0.25) is 0 Å². The van der Waals surface area contributed by atoms with Crippen LogP contribution in [-0.4, -0.2) is 40.3 Å². The Kier molecular flexibility index (Phi) is 6.70. The number of amides is 2. The van der Waals surface area contributed by atoms with Gasteiger partial charge in [-0.05, 0) is 69.6 Å². The summed E-state index contributed by atoms with van der Waals surface area (Å²) in [6.45, 7) is 8.84. The zero-order chi connectivity index (χ0) is 20.2. The van der Waals surface area contributed by atoms with Gasteiger partial charge in [-0.2, -0.15) is 0 Å². The summed E-state index contributed by atoms with van der Waals surface area (Å²) in [5.74, 6) is -0.354. The molecule has 1 aliphatic rings. The van der Waals surface area contributed by atoms with Crippen LogP contribution in [0.3, 0.4) is 0 Å². The first-order valence-corrected chi connectivity index (χ1v) is 9.64. The largest absolute Gasteiger partial charge is 0.491 e. The fourth-order valence-corrected chi connectivity index (χ4v) is 3.09. The van der Waals surface area contributed by atoms with Crippen molar-refractivity contribution in [2.24, 2.45) is 0 Å². The summed E-state index contributed by atoms with van der Waals surface area (Å²) >= 11 is 0.815. The van der Waals surface area contributed by atoms with Crippen LogP contribution in [-0.2, 0) is 14.3 Å². The van der Waals surface area contributed by atoms with Gasteiger partial charge in [0.2, 0.25) is 0 Å². The van der Waals surface area contributed by atoms with Crippen molar-refractivity contribution in [3.63, 3.8) is 0 Å². The van der Waals surface area contributed by atoms with Gasteiger partial charge in [-0.1, -0.05) is 19.1 Å². The Morgan fingerprint density at radius 3 is 2.41 bits per heavy atom. The molecule has 27 heavy (non-hydrogen) atoms. The highest BCUT2D eigenvalue weighted by atomic mass is 32.2. The van der Waals surface area contributed by atoms with Gasteiger partial charge in [-0.15, -0.1) is 0 Å². The highest BCUT2D eigenvalue weighted by Crippen LogP contribution is 2.32. The van der Waals surface area contributed by atoms with E-state index in [4.69, 9.17) is 9.47 Å². The van der Waals surface area contributed by atoms with Crippen molar-refractivity contribution >= 4 is 35.0 Å². The van der Waals surface area contributed by atoms with E-state index in [2.05, 4.69) is 0 Å². The molecule has 0 aliphatic carbocycles. The number of imide groups is 1. The monoisotopic (exact) mass is 391 g/mol. The Balaban J connectivity index is 2.06. The predicted molar refractivity (Wildman–Crippen MR) is 105 cm³/mol. The van der Waals surface area contributed by atoms with Gasteiger partial charge in [0.25, 0.3) is 11.1 Å². The van der Waals surface area contributed by atoms with Crippen LogP contribution in [0.25, 0.3) is 6.08 Å². The average Bonchev–Trinajstić information content (AvgIpc) is 2.82. The summed E-state index contributed by atoms with van der Waals surface area (Å²) in [6, 6.07) is 7.28. The van der Waals surface area contributed by atoms with E-state index >= 15 is 0 Å². The van der Waals surface area contributed by atoms with Crippen LogP contribution < -0.4 is 4.74 Å². The summed E-state index contributed by atoms with van der Waals surface area (Å²) in [6.07, 6.45) is 2.67. The van der Waals surface area contributed by atoms with Crippen LogP contribution >= 0.6 is 11.8 Å². The van der Waals surface area contributed by atoms with E-state index in [9.17, 15) is 14.4 Å². The van der Waals surface area contributed by atoms with Gasteiger partial charge in [-0.3, -0.25) is 19.3 Å². The third-order valence-corrected chi connectivity index (χ3v) is 4.58. The molecule has 1 saturated heterocycles. The lowest BCUT2D eigenvalue weighted by atomic mass is 10.2. The first kappa shape index (κ1) is 21.0. The molecular weight excluding hydrogens is 366 g/mol. The second-order valence-electron chi connectivity index (χ2n) is 7.26. The van der Waals surface area contributed by atoms with E-state index < -0.39 is 22.7 Å². The molecule has 0 spiro atoms. The number of carbonyl (C=O) groups excluding carboxylic acids is 3. The quantitative estimate of drug-likeness (QED) is 0.533. The minimum atomic E-state index is -0.673. The normalized spacial score (nSPS) is 17.4. The maximum Gasteiger partial charge on any atom is 0.326 e. The molecule has 0 unspecified atom stereocenters. The number of ether oxygens (including phenoxy) is 2. The number of nitrogens with zero attached hydrogens (tertiary/aromatic N) is 1. The lowest BCUT2D eigenvalue weighted by Crippen LogP contribution is -2.37. The van der Waals surface area contributed by atoms with E-state index in [0.717, 1.165) is 34.4 Å². The van der Waals surface area contributed by atoms with Crippen molar-refractivity contribution in [2.75, 3.05) is 6.54 Å². The highest BCUT2D eigenvalue weighted by molar-refractivity contribution is 8.18. The van der Waals surface area contributed by atoms with E-state index in [1.807, 2.05) is 38.1 Å². The summed E-state index contributed by atoms with van der Waals surface area (Å²) in [5.41, 5.74) is 0.0997. The first-order chi connectivity index (χ1) is 12.6. The SMILES string of the molecule is CC[C@@H](C)Oc1ccc(/C=C2/SC(=O)N(CC(=O)OC(C)(C)C)C2=O)cc1. The van der Waals surface area contributed by atoms with Crippen molar-refractivity contribution < 1.29 is 23.9 Å². The Bertz CT molecular complexity index is 749. The molecule has 2 rings (SSSR count). The standard InChI is InChI=1S/C20H25NO5S/c1-6-13(2)25-15-9-7-14(8-10-15)11-16-18(23)21(19(24)27-16)12-17(22)26-20(3,4)5/h7-11,13H,6,12H2,1-5H3/b16-11+/t13-/m1/s1. The Labute approximate surface area is 163 Å². The predicted octanol–water partition coefficient (Wildman–Crippen LogP) is 4.24. The number of benzene rings is 1. The molecule has 6 nitrogen and oxygen atoms in total. The maximum atomic E-state index is 12.5. The van der Waals surface area contributed by atoms with Crippen LogP contribution in [0.4, 0.5) is 4.79 Å². The molecule has 0 aromatic heterocycles. The van der Waals surface area contributed by atoms with Gasteiger partial charge in [0, 0.05) is 0 Å². The van der Waals surface area contributed by atoms with Crippen LogP contribution in [0, 0.1) is 0 Å². The van der Waals surface area contributed by atoms with Gasteiger partial charge >= 0.3 is 5.97 Å². The molecule has 0 bridgehead atoms. The summed E-state index contributed by atoms with van der Waals surface area (Å²) in [7, 11) is 0. The maximum absolute atomic E-state index is 12.5. The third-order valence-electron chi connectivity index (χ3n) is 3.67. The number of thioether (sulfide) groups is 1. The minimum absolute atomic E-state index is 0.125. The zero-order valence-corrected chi connectivity index (χ0v) is 17.1. The molecule has 7 heteroatoms. The van der Waals surface area contributed by atoms with Crippen molar-refractivity contribution in [2.45, 2.75) is 52.7 Å². The zero-order valence-electron chi connectivity index (χ0n) is 16.3. The van der Waals surface area contributed by atoms with Crippen LogP contribution in [0.1, 0.15) is 46.6 Å². The fraction of sp³-hybridized carbons (Fsp3) is 0.450. The molecule has 0 radical (unpaired) electrons. The fourth-order valence-electron chi connectivity index (χ4n) is 2.25. The summed E-state index contributed by atoms with van der Waals surface area (Å²) < 4.78 is 10.9. The molecule has 1 heterocycles.